The Morgan fingerprint density at radius 1 is 1.50 bits per heavy atom. The second-order valence-electron chi connectivity index (χ2n) is 3.71. The minimum absolute atomic E-state index is 0.315. The number of halogens is 2. The predicted octanol–water partition coefficient (Wildman–Crippen LogP) is 4.33. The molecule has 0 atom stereocenters. The molecule has 18 heavy (non-hydrogen) atoms. The van der Waals surface area contributed by atoms with Gasteiger partial charge in [0.15, 0.2) is 0 Å². The molecule has 0 saturated carbocycles. The molecule has 0 radical (unpaired) electrons. The number of thiophene rings is 1. The topological polar surface area (TPSA) is 49.8 Å². The van der Waals surface area contributed by atoms with Gasteiger partial charge in [-0.1, -0.05) is 28.9 Å². The first-order chi connectivity index (χ1) is 8.60. The maximum atomic E-state index is 14.0. The molecule has 1 heterocycles. The van der Waals surface area contributed by atoms with Gasteiger partial charge in [0.2, 0.25) is 0 Å². The van der Waals surface area contributed by atoms with Crippen LogP contribution in [0.4, 0.5) is 10.1 Å². The molecule has 2 rings (SSSR count). The molecule has 0 aliphatic rings. The molecule has 92 valence electrons. The van der Waals surface area contributed by atoms with Crippen LogP contribution in [-0.2, 0) is 6.42 Å². The molecule has 0 unspecified atom stereocenters. The van der Waals surface area contributed by atoms with E-state index >= 15 is 0 Å². The van der Waals surface area contributed by atoms with E-state index in [-0.39, 0.29) is 5.82 Å². The molecule has 2 nitrogen and oxygen atoms in total. The molecule has 0 saturated heterocycles. The number of nitriles is 1. The van der Waals surface area contributed by atoms with Crippen molar-refractivity contribution in [1.82, 2.24) is 0 Å². The van der Waals surface area contributed by atoms with Crippen molar-refractivity contribution in [1.29, 1.82) is 5.26 Å². The Bertz CT molecular complexity index is 623. The van der Waals surface area contributed by atoms with E-state index in [0.29, 0.717) is 27.0 Å². The van der Waals surface area contributed by atoms with Gasteiger partial charge in [-0.15, -0.1) is 11.3 Å². The molecule has 0 spiro atoms. The lowest BCUT2D eigenvalue weighted by molar-refractivity contribution is 0.631. The van der Waals surface area contributed by atoms with E-state index in [9.17, 15) is 4.39 Å². The summed E-state index contributed by atoms with van der Waals surface area (Å²) >= 11 is 4.58. The van der Waals surface area contributed by atoms with E-state index in [4.69, 9.17) is 11.0 Å². The van der Waals surface area contributed by atoms with Gasteiger partial charge in [0, 0.05) is 14.9 Å². The van der Waals surface area contributed by atoms with Crippen LogP contribution < -0.4 is 5.73 Å². The number of rotatable bonds is 2. The molecular formula is C13H10BrFN2S. The first kappa shape index (κ1) is 13.1. The normalized spacial score (nSPS) is 10.3. The summed E-state index contributed by atoms with van der Waals surface area (Å²) in [5, 5.41) is 9.01. The predicted molar refractivity (Wildman–Crippen MR) is 75.9 cm³/mol. The monoisotopic (exact) mass is 324 g/mol. The summed E-state index contributed by atoms with van der Waals surface area (Å²) in [6.07, 6.45) is 0.667. The van der Waals surface area contributed by atoms with Crippen molar-refractivity contribution < 1.29 is 4.39 Å². The Labute approximate surface area is 117 Å². The maximum Gasteiger partial charge on any atom is 0.132 e. The molecule has 2 N–H and O–H groups in total. The third kappa shape index (κ3) is 2.02. The van der Waals surface area contributed by atoms with Crippen molar-refractivity contribution in [2.24, 2.45) is 0 Å². The highest BCUT2D eigenvalue weighted by Crippen LogP contribution is 2.42. The van der Waals surface area contributed by atoms with Crippen LogP contribution in [0.15, 0.2) is 22.7 Å². The number of nitrogen functional groups attached to an aromatic ring is 1. The van der Waals surface area contributed by atoms with Gasteiger partial charge in [0.25, 0.3) is 0 Å². The summed E-state index contributed by atoms with van der Waals surface area (Å²) in [5.74, 6) is -0.315. The van der Waals surface area contributed by atoms with Gasteiger partial charge >= 0.3 is 0 Å². The number of nitrogens with zero attached hydrogens (tertiary/aromatic N) is 1. The Morgan fingerprint density at radius 3 is 2.78 bits per heavy atom. The van der Waals surface area contributed by atoms with Gasteiger partial charge in [-0.05, 0) is 24.1 Å². The summed E-state index contributed by atoms with van der Waals surface area (Å²) in [6, 6.07) is 6.87. The fraction of sp³-hybridized carbons (Fsp3) is 0.154. The zero-order valence-corrected chi connectivity index (χ0v) is 12.0. The molecule has 0 aliphatic carbocycles. The van der Waals surface area contributed by atoms with Crippen molar-refractivity contribution in [3.8, 4) is 16.5 Å². The summed E-state index contributed by atoms with van der Waals surface area (Å²) in [7, 11) is 0. The zero-order valence-electron chi connectivity index (χ0n) is 9.63. The van der Waals surface area contributed by atoms with E-state index in [1.165, 1.54) is 17.4 Å². The lowest BCUT2D eigenvalue weighted by Gasteiger charge is -2.06. The van der Waals surface area contributed by atoms with E-state index in [1.54, 1.807) is 12.1 Å². The number of benzene rings is 1. The maximum absolute atomic E-state index is 14.0. The number of hydrogen-bond donors (Lipinski definition) is 1. The van der Waals surface area contributed by atoms with Crippen molar-refractivity contribution in [2.45, 2.75) is 13.3 Å². The third-order valence-electron chi connectivity index (χ3n) is 2.69. The van der Waals surface area contributed by atoms with Gasteiger partial charge < -0.3 is 5.73 Å². The molecule has 1 aromatic heterocycles. The second kappa shape index (κ2) is 5.09. The molecule has 0 amide bonds. The molecule has 0 bridgehead atoms. The Hall–Kier alpha value is -1.38. The minimum Gasteiger partial charge on any atom is -0.397 e. The molecule has 0 aliphatic heterocycles. The van der Waals surface area contributed by atoms with Crippen LogP contribution in [0.2, 0.25) is 0 Å². The van der Waals surface area contributed by atoms with E-state index in [0.717, 1.165) is 10.4 Å². The molecule has 5 heteroatoms. The summed E-state index contributed by atoms with van der Waals surface area (Å²) in [5.41, 5.74) is 7.70. The lowest BCUT2D eigenvalue weighted by Crippen LogP contribution is -1.93. The van der Waals surface area contributed by atoms with Gasteiger partial charge in [-0.25, -0.2) is 4.39 Å². The first-order valence-corrected chi connectivity index (χ1v) is 6.96. The first-order valence-electron chi connectivity index (χ1n) is 5.35. The second-order valence-corrected chi connectivity index (χ2v) is 5.59. The zero-order chi connectivity index (χ0) is 13.3. The average Bonchev–Trinajstić information content (AvgIpc) is 2.65. The highest BCUT2D eigenvalue weighted by Gasteiger charge is 2.20. The largest absolute Gasteiger partial charge is 0.397 e. The molecular weight excluding hydrogens is 315 g/mol. The smallest absolute Gasteiger partial charge is 0.132 e. The van der Waals surface area contributed by atoms with Crippen molar-refractivity contribution in [2.75, 3.05) is 5.73 Å². The minimum atomic E-state index is -0.315. The van der Waals surface area contributed by atoms with E-state index < -0.39 is 0 Å². The highest BCUT2D eigenvalue weighted by atomic mass is 79.9. The van der Waals surface area contributed by atoms with Gasteiger partial charge in [-0.2, -0.15) is 5.26 Å². The Balaban J connectivity index is 2.76. The number of anilines is 1. The average molecular weight is 325 g/mol. The number of hydrogen-bond acceptors (Lipinski definition) is 3. The fourth-order valence-corrected chi connectivity index (χ4v) is 3.67. The summed E-state index contributed by atoms with van der Waals surface area (Å²) in [6.45, 7) is 1.94. The number of nitrogens with two attached hydrogens (primary N) is 1. The van der Waals surface area contributed by atoms with Gasteiger partial charge in [0.05, 0.1) is 5.69 Å². The van der Waals surface area contributed by atoms with Crippen molar-refractivity contribution >= 4 is 33.0 Å². The van der Waals surface area contributed by atoms with Crippen LogP contribution in [0, 0.1) is 17.1 Å². The molecule has 0 fully saturated rings. The summed E-state index contributed by atoms with van der Waals surface area (Å²) in [4.78, 5) is 1.17. The van der Waals surface area contributed by atoms with E-state index in [2.05, 4.69) is 22.0 Å². The van der Waals surface area contributed by atoms with E-state index in [1.807, 2.05) is 6.92 Å². The van der Waals surface area contributed by atoms with Crippen LogP contribution in [-0.4, -0.2) is 0 Å². The van der Waals surface area contributed by atoms with Crippen molar-refractivity contribution in [3.63, 3.8) is 0 Å². The van der Waals surface area contributed by atoms with Crippen LogP contribution >= 0.6 is 27.3 Å². The standard InChI is InChI=1S/C13H10BrFN2S/c1-2-7-12(17)10(6-16)18-13(7)11-8(14)4-3-5-9(11)15/h3-5H,2,17H2,1H3. The van der Waals surface area contributed by atoms with Gasteiger partial charge in [-0.3, -0.25) is 0 Å². The Morgan fingerprint density at radius 2 is 2.22 bits per heavy atom. The van der Waals surface area contributed by atoms with Crippen LogP contribution in [0.1, 0.15) is 17.4 Å². The highest BCUT2D eigenvalue weighted by molar-refractivity contribution is 9.10. The van der Waals surface area contributed by atoms with Crippen molar-refractivity contribution in [3.05, 3.63) is 38.9 Å². The third-order valence-corrected chi connectivity index (χ3v) is 4.52. The van der Waals surface area contributed by atoms with Gasteiger partial charge in [0.1, 0.15) is 16.8 Å². The van der Waals surface area contributed by atoms with Crippen LogP contribution in [0.5, 0.6) is 0 Å². The SMILES string of the molecule is CCc1c(-c2c(F)cccc2Br)sc(C#N)c1N. The molecule has 1 aromatic carbocycles. The van der Waals surface area contributed by atoms with Crippen LogP contribution in [0.3, 0.4) is 0 Å². The fourth-order valence-electron chi connectivity index (χ4n) is 1.83. The lowest BCUT2D eigenvalue weighted by atomic mass is 10.1. The van der Waals surface area contributed by atoms with Crippen LogP contribution in [0.25, 0.3) is 10.4 Å². The Kier molecular flexibility index (Phi) is 3.69. The quantitative estimate of drug-likeness (QED) is 0.893. The summed E-state index contributed by atoms with van der Waals surface area (Å²) < 4.78 is 14.6. The molecule has 2 aromatic rings.